The van der Waals surface area contributed by atoms with E-state index in [1.807, 2.05) is 43.3 Å². The number of para-hydroxylation sites is 2. The van der Waals surface area contributed by atoms with Crippen molar-refractivity contribution in [3.8, 4) is 5.75 Å². The van der Waals surface area contributed by atoms with Crippen molar-refractivity contribution >= 4 is 47.5 Å². The first-order valence-electron chi connectivity index (χ1n) is 12.0. The second-order valence-corrected chi connectivity index (χ2v) is 9.25. The molecule has 2 N–H and O–H groups in total. The van der Waals surface area contributed by atoms with Gasteiger partial charge in [0.15, 0.2) is 0 Å². The lowest BCUT2D eigenvalue weighted by atomic mass is 9.86. The summed E-state index contributed by atoms with van der Waals surface area (Å²) in [6, 6.07) is 14.7. The molecule has 1 aromatic heterocycles. The van der Waals surface area contributed by atoms with Crippen LogP contribution >= 0.6 is 24.8 Å². The minimum Gasteiger partial charge on any atom is -0.406 e. The third-order valence-electron chi connectivity index (χ3n) is 6.39. The average Bonchev–Trinajstić information content (AvgIpc) is 2.82. The zero-order valence-electron chi connectivity index (χ0n) is 20.9. The van der Waals surface area contributed by atoms with Gasteiger partial charge >= 0.3 is 6.36 Å². The monoisotopic (exact) mass is 559 g/mol. The Labute approximate surface area is 228 Å². The summed E-state index contributed by atoms with van der Waals surface area (Å²) < 4.78 is 41.9. The van der Waals surface area contributed by atoms with E-state index in [9.17, 15) is 13.2 Å². The number of rotatable bonds is 9. The maximum Gasteiger partial charge on any atom is 0.573 e. The number of benzene rings is 2. The minimum atomic E-state index is -4.68. The van der Waals surface area contributed by atoms with Crippen LogP contribution in [-0.4, -0.2) is 49.6 Å². The van der Waals surface area contributed by atoms with Crippen LogP contribution in [0.5, 0.6) is 5.75 Å². The van der Waals surface area contributed by atoms with E-state index in [4.69, 9.17) is 9.97 Å². The summed E-state index contributed by atoms with van der Waals surface area (Å²) in [5.41, 5.74) is 1.48. The van der Waals surface area contributed by atoms with E-state index in [2.05, 4.69) is 15.4 Å². The highest BCUT2D eigenvalue weighted by atomic mass is 35.5. The van der Waals surface area contributed by atoms with E-state index in [0.717, 1.165) is 48.9 Å². The van der Waals surface area contributed by atoms with Crippen LogP contribution in [0.15, 0.2) is 48.5 Å². The molecular formula is C26H34Cl2F3N5O. The number of ether oxygens (including phenoxy) is 1. The Morgan fingerprint density at radius 3 is 2.32 bits per heavy atom. The molecule has 204 valence electrons. The highest BCUT2D eigenvalue weighted by Gasteiger charge is 2.32. The molecule has 0 amide bonds. The highest BCUT2D eigenvalue weighted by molar-refractivity contribution is 5.90. The van der Waals surface area contributed by atoms with Gasteiger partial charge in [0.25, 0.3) is 0 Å². The molecule has 0 spiro atoms. The summed E-state index contributed by atoms with van der Waals surface area (Å²) in [4.78, 5) is 11.5. The van der Waals surface area contributed by atoms with Gasteiger partial charge in [0.05, 0.1) is 5.52 Å². The smallest absolute Gasteiger partial charge is 0.406 e. The summed E-state index contributed by atoms with van der Waals surface area (Å²) in [5.74, 6) is 1.98. The molecule has 1 aliphatic rings. The topological polar surface area (TPSA) is 62.3 Å². The predicted octanol–water partition coefficient (Wildman–Crippen LogP) is 6.24. The molecule has 0 bridgehead atoms. The molecule has 1 saturated carbocycles. The van der Waals surface area contributed by atoms with Crippen molar-refractivity contribution in [1.82, 2.24) is 15.3 Å². The van der Waals surface area contributed by atoms with Gasteiger partial charge in [0, 0.05) is 25.5 Å². The fourth-order valence-corrected chi connectivity index (χ4v) is 4.62. The molecule has 0 unspecified atom stereocenters. The standard InChI is InChI=1S/C26H32F3N5O.2ClH/c1-34(2)24-21-8-4-5-9-22(21)32-25(33-24)31-20-13-11-18(12-14-20)17-30-16-15-19-7-3-6-10-23(19)35-26(27,28)29;;/h3-10,18,20,30H,11-17H2,1-2H3,(H,31,32,33);2*1H/t18-,20+;;. The molecule has 37 heavy (non-hydrogen) atoms. The van der Waals surface area contributed by atoms with Crippen molar-refractivity contribution in [3.63, 3.8) is 0 Å². The minimum absolute atomic E-state index is 0. The molecule has 4 rings (SSSR count). The normalized spacial score (nSPS) is 17.4. The van der Waals surface area contributed by atoms with Gasteiger partial charge in [-0.1, -0.05) is 30.3 Å². The van der Waals surface area contributed by atoms with E-state index in [1.165, 1.54) is 6.07 Å². The van der Waals surface area contributed by atoms with Gasteiger partial charge in [-0.05, 0) is 74.9 Å². The van der Waals surface area contributed by atoms with Gasteiger partial charge in [-0.25, -0.2) is 4.98 Å². The number of anilines is 2. The van der Waals surface area contributed by atoms with Gasteiger partial charge < -0.3 is 20.3 Å². The summed E-state index contributed by atoms with van der Waals surface area (Å²) in [7, 11) is 3.97. The lowest BCUT2D eigenvalue weighted by molar-refractivity contribution is -0.274. The second-order valence-electron chi connectivity index (χ2n) is 9.25. The lowest BCUT2D eigenvalue weighted by Gasteiger charge is -2.29. The van der Waals surface area contributed by atoms with Gasteiger partial charge in [-0.3, -0.25) is 0 Å². The average molecular weight is 560 g/mol. The Balaban J connectivity index is 0.00000241. The zero-order chi connectivity index (χ0) is 24.8. The van der Waals surface area contributed by atoms with E-state index >= 15 is 0 Å². The van der Waals surface area contributed by atoms with Crippen LogP contribution in [0.4, 0.5) is 24.9 Å². The van der Waals surface area contributed by atoms with Crippen LogP contribution in [0, 0.1) is 5.92 Å². The molecule has 1 aliphatic carbocycles. The third-order valence-corrected chi connectivity index (χ3v) is 6.39. The number of halogens is 5. The fraction of sp³-hybridized carbons (Fsp3) is 0.462. The largest absolute Gasteiger partial charge is 0.573 e. The first kappa shape index (κ1) is 30.7. The lowest BCUT2D eigenvalue weighted by Crippen LogP contribution is -2.32. The molecular weight excluding hydrogens is 526 g/mol. The van der Waals surface area contributed by atoms with E-state index in [-0.39, 0.29) is 30.6 Å². The van der Waals surface area contributed by atoms with Crippen molar-refractivity contribution in [2.45, 2.75) is 44.5 Å². The van der Waals surface area contributed by atoms with E-state index < -0.39 is 6.36 Å². The number of nitrogens with one attached hydrogen (secondary N) is 2. The molecule has 11 heteroatoms. The Morgan fingerprint density at radius 1 is 0.946 bits per heavy atom. The number of hydrogen-bond acceptors (Lipinski definition) is 6. The Hall–Kier alpha value is -2.49. The van der Waals surface area contributed by atoms with Gasteiger partial charge in [-0.2, -0.15) is 4.98 Å². The molecule has 1 heterocycles. The quantitative estimate of drug-likeness (QED) is 0.302. The number of alkyl halides is 3. The van der Waals surface area contributed by atoms with Crippen molar-refractivity contribution < 1.29 is 17.9 Å². The Bertz CT molecular complexity index is 1120. The third kappa shape index (κ3) is 8.79. The number of hydrogen-bond donors (Lipinski definition) is 2. The van der Waals surface area contributed by atoms with Crippen LogP contribution in [0.2, 0.25) is 0 Å². The molecule has 6 nitrogen and oxygen atoms in total. The summed E-state index contributed by atoms with van der Waals surface area (Å²) >= 11 is 0. The van der Waals surface area contributed by atoms with Crippen molar-refractivity contribution in [3.05, 3.63) is 54.1 Å². The molecule has 0 radical (unpaired) electrons. The highest BCUT2D eigenvalue weighted by Crippen LogP contribution is 2.29. The number of aromatic nitrogens is 2. The molecule has 0 atom stereocenters. The molecule has 0 saturated heterocycles. The van der Waals surface area contributed by atoms with Crippen LogP contribution in [0.1, 0.15) is 31.2 Å². The summed E-state index contributed by atoms with van der Waals surface area (Å²) in [5, 5.41) is 7.97. The van der Waals surface area contributed by atoms with Gasteiger partial charge in [0.2, 0.25) is 5.95 Å². The zero-order valence-corrected chi connectivity index (χ0v) is 22.6. The molecule has 3 aromatic rings. The maximum atomic E-state index is 12.6. The molecule has 1 fully saturated rings. The number of fused-ring (bicyclic) bond motifs is 1. The molecule has 2 aromatic carbocycles. The molecule has 0 aliphatic heterocycles. The first-order chi connectivity index (χ1) is 16.8. The Morgan fingerprint density at radius 2 is 1.62 bits per heavy atom. The first-order valence-corrected chi connectivity index (χ1v) is 12.0. The predicted molar refractivity (Wildman–Crippen MR) is 147 cm³/mol. The number of nitrogens with zero attached hydrogens (tertiary/aromatic N) is 3. The fourth-order valence-electron chi connectivity index (χ4n) is 4.62. The van der Waals surface area contributed by atoms with Crippen LogP contribution in [0.25, 0.3) is 10.9 Å². The van der Waals surface area contributed by atoms with Crippen molar-refractivity contribution in [2.24, 2.45) is 5.92 Å². The Kier molecular flexibility index (Phi) is 11.5. The van der Waals surface area contributed by atoms with Crippen molar-refractivity contribution in [1.29, 1.82) is 0 Å². The van der Waals surface area contributed by atoms with Crippen LogP contribution in [0.3, 0.4) is 0 Å². The van der Waals surface area contributed by atoms with Crippen molar-refractivity contribution in [2.75, 3.05) is 37.4 Å². The van der Waals surface area contributed by atoms with Gasteiger partial charge in [-0.15, -0.1) is 38.0 Å². The van der Waals surface area contributed by atoms with Crippen LogP contribution < -0.4 is 20.3 Å². The SMILES string of the molecule is CN(C)c1nc(N[C@H]2CC[C@@H](CNCCc3ccccc3OC(F)(F)F)CC2)nc2ccccc12.Cl.Cl. The van der Waals surface area contributed by atoms with E-state index in [1.54, 1.807) is 18.2 Å². The second kappa shape index (κ2) is 13.9. The summed E-state index contributed by atoms with van der Waals surface area (Å²) in [6.07, 6.45) is 0.0159. The maximum absolute atomic E-state index is 12.6. The van der Waals surface area contributed by atoms with E-state index in [0.29, 0.717) is 36.4 Å². The summed E-state index contributed by atoms with van der Waals surface area (Å²) in [6.45, 7) is 1.46. The van der Waals surface area contributed by atoms with Crippen LogP contribution in [-0.2, 0) is 6.42 Å². The van der Waals surface area contributed by atoms with Gasteiger partial charge in [0.1, 0.15) is 11.6 Å².